The Morgan fingerprint density at radius 1 is 1.47 bits per heavy atom. The lowest BCUT2D eigenvalue weighted by Gasteiger charge is -2.31. The fourth-order valence-corrected chi connectivity index (χ4v) is 2.70. The molecular weight excluding hydrogens is 208 g/mol. The molecule has 0 saturated heterocycles. The summed E-state index contributed by atoms with van der Waals surface area (Å²) in [7, 11) is 0. The van der Waals surface area contributed by atoms with Gasteiger partial charge in [0.2, 0.25) is 0 Å². The highest BCUT2D eigenvalue weighted by Gasteiger charge is 2.34. The summed E-state index contributed by atoms with van der Waals surface area (Å²) in [5.41, 5.74) is 0.735. The van der Waals surface area contributed by atoms with Crippen molar-refractivity contribution in [3.05, 3.63) is 11.1 Å². The van der Waals surface area contributed by atoms with Crippen LogP contribution in [0.3, 0.4) is 0 Å². The first-order chi connectivity index (χ1) is 7.21. The van der Waals surface area contributed by atoms with E-state index >= 15 is 0 Å². The Morgan fingerprint density at radius 2 is 2.20 bits per heavy atom. The molecule has 1 aliphatic carbocycles. The minimum atomic E-state index is -0.0954. The van der Waals surface area contributed by atoms with E-state index in [1.807, 2.05) is 5.38 Å². The summed E-state index contributed by atoms with van der Waals surface area (Å²) in [5.74, 6) is 0.343. The summed E-state index contributed by atoms with van der Waals surface area (Å²) in [5, 5.41) is 5.80. The molecule has 4 heteroatoms. The van der Waals surface area contributed by atoms with Crippen molar-refractivity contribution in [3.8, 4) is 0 Å². The van der Waals surface area contributed by atoms with Crippen LogP contribution in [0.25, 0.3) is 0 Å². The third-order valence-electron chi connectivity index (χ3n) is 3.38. The van der Waals surface area contributed by atoms with Crippen LogP contribution in [0.4, 0.5) is 0 Å². The highest BCUT2D eigenvalue weighted by Crippen LogP contribution is 2.37. The lowest BCUT2D eigenvalue weighted by Crippen LogP contribution is -2.31. The second kappa shape index (κ2) is 4.39. The van der Waals surface area contributed by atoms with Crippen LogP contribution in [0.2, 0.25) is 0 Å². The van der Waals surface area contributed by atoms with E-state index in [0.717, 1.165) is 18.5 Å². The summed E-state index contributed by atoms with van der Waals surface area (Å²) in [4.78, 5) is 12.1. The van der Waals surface area contributed by atoms with E-state index in [1.165, 1.54) is 30.8 Å². The fourth-order valence-electron chi connectivity index (χ4n) is 2.25. The van der Waals surface area contributed by atoms with Crippen LogP contribution in [-0.2, 0) is 11.2 Å². The van der Waals surface area contributed by atoms with Crippen LogP contribution in [-0.4, -0.2) is 15.4 Å². The van der Waals surface area contributed by atoms with Crippen molar-refractivity contribution in [2.75, 3.05) is 0 Å². The summed E-state index contributed by atoms with van der Waals surface area (Å²) < 4.78 is 3.78. The zero-order chi connectivity index (χ0) is 10.7. The van der Waals surface area contributed by atoms with Gasteiger partial charge in [-0.15, -0.1) is 5.10 Å². The van der Waals surface area contributed by atoms with Crippen LogP contribution in [0.1, 0.15) is 44.7 Å². The van der Waals surface area contributed by atoms with E-state index in [0.29, 0.717) is 12.2 Å². The van der Waals surface area contributed by atoms with Gasteiger partial charge < -0.3 is 0 Å². The molecule has 0 atom stereocenters. The average molecular weight is 224 g/mol. The van der Waals surface area contributed by atoms with Gasteiger partial charge in [0.1, 0.15) is 5.78 Å². The molecule has 1 aromatic heterocycles. The minimum absolute atomic E-state index is 0.0954. The fraction of sp³-hybridized carbons (Fsp3) is 0.727. The first kappa shape index (κ1) is 10.7. The van der Waals surface area contributed by atoms with Gasteiger partial charge in [0, 0.05) is 10.8 Å². The maximum atomic E-state index is 12.1. The van der Waals surface area contributed by atoms with Gasteiger partial charge in [0.05, 0.1) is 12.1 Å². The number of ketones is 1. The van der Waals surface area contributed by atoms with Gasteiger partial charge in [-0.05, 0) is 24.4 Å². The second-order valence-corrected chi connectivity index (χ2v) is 5.23. The van der Waals surface area contributed by atoms with Crippen molar-refractivity contribution in [2.45, 2.75) is 45.4 Å². The van der Waals surface area contributed by atoms with Crippen molar-refractivity contribution in [2.24, 2.45) is 5.41 Å². The van der Waals surface area contributed by atoms with Gasteiger partial charge in [-0.3, -0.25) is 4.79 Å². The lowest BCUT2D eigenvalue weighted by molar-refractivity contribution is -0.128. The Kier molecular flexibility index (Phi) is 3.14. The molecule has 0 radical (unpaired) electrons. The molecule has 0 unspecified atom stereocenters. The molecule has 1 aliphatic rings. The van der Waals surface area contributed by atoms with E-state index < -0.39 is 0 Å². The molecule has 1 heterocycles. The molecule has 1 aromatic rings. The van der Waals surface area contributed by atoms with Crippen molar-refractivity contribution in [1.82, 2.24) is 9.59 Å². The second-order valence-electron chi connectivity index (χ2n) is 4.62. The monoisotopic (exact) mass is 224 g/mol. The zero-order valence-corrected chi connectivity index (χ0v) is 9.85. The SMILES string of the molecule is CC1(C(=O)Cc2csnn2)CCCCC1. The van der Waals surface area contributed by atoms with Gasteiger partial charge in [0.15, 0.2) is 0 Å². The summed E-state index contributed by atoms with van der Waals surface area (Å²) in [6.45, 7) is 2.11. The molecule has 0 amide bonds. The number of carbonyl (C=O) groups is 1. The normalized spacial score (nSPS) is 20.1. The van der Waals surface area contributed by atoms with Crippen molar-refractivity contribution >= 4 is 17.3 Å². The van der Waals surface area contributed by atoms with Crippen molar-refractivity contribution in [1.29, 1.82) is 0 Å². The molecule has 0 bridgehead atoms. The van der Waals surface area contributed by atoms with Gasteiger partial charge in [0.25, 0.3) is 0 Å². The van der Waals surface area contributed by atoms with Crippen LogP contribution < -0.4 is 0 Å². The number of aromatic nitrogens is 2. The molecular formula is C11H16N2OS. The highest BCUT2D eigenvalue weighted by atomic mass is 32.1. The van der Waals surface area contributed by atoms with E-state index in [1.54, 1.807) is 0 Å². The van der Waals surface area contributed by atoms with Crippen LogP contribution >= 0.6 is 11.5 Å². The van der Waals surface area contributed by atoms with Crippen LogP contribution in [0.5, 0.6) is 0 Å². The Labute approximate surface area is 94.1 Å². The smallest absolute Gasteiger partial charge is 0.144 e. The molecule has 0 N–H and O–H groups in total. The maximum Gasteiger partial charge on any atom is 0.144 e. The summed E-state index contributed by atoms with van der Waals surface area (Å²) in [6, 6.07) is 0. The predicted octanol–water partition coefficient (Wildman–Crippen LogP) is 2.62. The third-order valence-corrected chi connectivity index (χ3v) is 3.93. The van der Waals surface area contributed by atoms with Gasteiger partial charge in [-0.1, -0.05) is 30.7 Å². The number of carbonyl (C=O) groups excluding carboxylic acids is 1. The summed E-state index contributed by atoms with van der Waals surface area (Å²) >= 11 is 1.31. The number of Topliss-reactive ketones (excluding diaryl/α,β-unsaturated/α-hetero) is 1. The van der Waals surface area contributed by atoms with E-state index in [4.69, 9.17) is 0 Å². The van der Waals surface area contributed by atoms with Gasteiger partial charge in [-0.25, -0.2) is 0 Å². The largest absolute Gasteiger partial charge is 0.299 e. The Bertz CT molecular complexity index is 328. The molecule has 3 nitrogen and oxygen atoms in total. The highest BCUT2D eigenvalue weighted by molar-refractivity contribution is 7.03. The predicted molar refractivity (Wildman–Crippen MR) is 59.8 cm³/mol. The first-order valence-electron chi connectivity index (χ1n) is 5.50. The molecule has 15 heavy (non-hydrogen) atoms. The lowest BCUT2D eigenvalue weighted by atomic mass is 9.72. The Morgan fingerprint density at radius 3 is 2.80 bits per heavy atom. The number of hydrogen-bond donors (Lipinski definition) is 0. The van der Waals surface area contributed by atoms with Gasteiger partial charge >= 0.3 is 0 Å². The molecule has 0 aliphatic heterocycles. The Balaban J connectivity index is 2.00. The number of nitrogens with zero attached hydrogens (tertiary/aromatic N) is 2. The quantitative estimate of drug-likeness (QED) is 0.792. The zero-order valence-electron chi connectivity index (χ0n) is 9.03. The summed E-state index contributed by atoms with van der Waals surface area (Å²) in [6.07, 6.45) is 6.22. The van der Waals surface area contributed by atoms with Crippen LogP contribution in [0.15, 0.2) is 5.38 Å². The van der Waals surface area contributed by atoms with Crippen molar-refractivity contribution in [3.63, 3.8) is 0 Å². The van der Waals surface area contributed by atoms with Crippen molar-refractivity contribution < 1.29 is 4.79 Å². The molecule has 0 aromatic carbocycles. The maximum absolute atomic E-state index is 12.1. The van der Waals surface area contributed by atoms with Gasteiger partial charge in [-0.2, -0.15) is 0 Å². The Hall–Kier alpha value is -0.770. The topological polar surface area (TPSA) is 42.9 Å². The molecule has 1 saturated carbocycles. The molecule has 1 fully saturated rings. The third kappa shape index (κ3) is 2.43. The molecule has 0 spiro atoms. The standard InChI is InChI=1S/C11H16N2OS/c1-11(5-3-2-4-6-11)10(14)7-9-8-15-13-12-9/h8H,2-7H2,1H3. The minimum Gasteiger partial charge on any atom is -0.299 e. The van der Waals surface area contributed by atoms with E-state index in [2.05, 4.69) is 16.5 Å². The number of rotatable bonds is 3. The first-order valence-corrected chi connectivity index (χ1v) is 6.34. The molecule has 2 rings (SSSR count). The number of hydrogen-bond acceptors (Lipinski definition) is 4. The average Bonchev–Trinajstić information content (AvgIpc) is 2.71. The molecule has 82 valence electrons. The van der Waals surface area contributed by atoms with E-state index in [9.17, 15) is 4.79 Å². The van der Waals surface area contributed by atoms with Crippen LogP contribution in [0, 0.1) is 5.41 Å². The van der Waals surface area contributed by atoms with E-state index in [-0.39, 0.29) is 5.41 Å².